The fourth-order valence-corrected chi connectivity index (χ4v) is 8.27. The zero-order chi connectivity index (χ0) is 38.4. The Morgan fingerprint density at radius 2 is 1.08 bits per heavy atom. The van der Waals surface area contributed by atoms with E-state index in [2.05, 4.69) is 6.92 Å². The molecule has 0 aromatic rings. The van der Waals surface area contributed by atoms with Gasteiger partial charge in [-0.2, -0.15) is 0 Å². The molecular weight excluding hydrogens is 676 g/mol. The van der Waals surface area contributed by atoms with E-state index in [9.17, 15) is 19.2 Å². The van der Waals surface area contributed by atoms with Gasteiger partial charge in [-0.25, -0.2) is 4.79 Å². The Labute approximate surface area is 320 Å². The predicted molar refractivity (Wildman–Crippen MR) is 204 cm³/mol. The van der Waals surface area contributed by atoms with Gasteiger partial charge in [0.25, 0.3) is 0 Å². The highest BCUT2D eigenvalue weighted by atomic mass is 16.6. The summed E-state index contributed by atoms with van der Waals surface area (Å²) in [6.07, 6.45) is 24.8. The Bertz CT molecular complexity index is 1120. The summed E-state index contributed by atoms with van der Waals surface area (Å²) in [7, 11) is 0. The quantitative estimate of drug-likeness (QED) is 0.0434. The van der Waals surface area contributed by atoms with Crippen molar-refractivity contribution in [2.45, 2.75) is 238 Å². The normalized spacial score (nSPS) is 24.4. The van der Waals surface area contributed by atoms with Crippen LogP contribution in [0.4, 0.5) is 0 Å². The lowest BCUT2D eigenvalue weighted by molar-refractivity contribution is -0.164. The van der Waals surface area contributed by atoms with Gasteiger partial charge in [-0.1, -0.05) is 77.6 Å². The van der Waals surface area contributed by atoms with Crippen LogP contribution in [-0.4, -0.2) is 72.7 Å². The Morgan fingerprint density at radius 1 is 0.623 bits per heavy atom. The summed E-state index contributed by atoms with van der Waals surface area (Å²) >= 11 is 0. The van der Waals surface area contributed by atoms with Crippen molar-refractivity contribution in [1.29, 1.82) is 0 Å². The van der Waals surface area contributed by atoms with Gasteiger partial charge in [0.2, 0.25) is 0 Å². The molecule has 3 heterocycles. The van der Waals surface area contributed by atoms with Gasteiger partial charge in [-0.05, 0) is 96.5 Å². The number of esters is 4. The first-order valence-electron chi connectivity index (χ1n) is 21.3. The lowest BCUT2D eigenvalue weighted by Crippen LogP contribution is -2.35. The zero-order valence-corrected chi connectivity index (χ0v) is 33.7. The third-order valence-corrected chi connectivity index (χ3v) is 11.0. The van der Waals surface area contributed by atoms with E-state index in [-0.39, 0.29) is 72.7 Å². The van der Waals surface area contributed by atoms with Crippen molar-refractivity contribution in [1.82, 2.24) is 0 Å². The van der Waals surface area contributed by atoms with Crippen LogP contribution in [0.2, 0.25) is 0 Å². The molecule has 0 aromatic heterocycles. The molecule has 0 unspecified atom stereocenters. The second-order valence-electron chi connectivity index (χ2n) is 15.8. The number of hydrogen-bond acceptors (Lipinski definition) is 10. The molecule has 0 spiro atoms. The number of rotatable bonds is 28. The minimum atomic E-state index is -0.348. The van der Waals surface area contributed by atoms with Crippen LogP contribution in [0.3, 0.4) is 0 Å². The van der Waals surface area contributed by atoms with E-state index in [0.717, 1.165) is 108 Å². The number of carbonyl (C=O) groups excluding carboxylic acids is 4. The standard InChI is InChI=1S/C43H72O10/c1-6-7-8-18-22-36(49-32(3)44)23-20-25-38(51-34(5)46)40-27-29-42(53-40)41-28-26-39(52-41)37(50-33(4)45)24-19-16-14-12-10-9-11-13-15-17-21-35-30-31(2)48-43(35)47/h30-31,36-42H,6-29H2,1-5H3/t31-,36-,37+,38-,39+,40+,41+,42+/m0/s1. The van der Waals surface area contributed by atoms with Crippen LogP contribution in [0.1, 0.15) is 189 Å². The molecule has 3 rings (SSSR count). The molecular formula is C43H72O10. The average molecular weight is 749 g/mol. The van der Waals surface area contributed by atoms with Crippen molar-refractivity contribution in [3.05, 3.63) is 11.6 Å². The maximum Gasteiger partial charge on any atom is 0.334 e. The molecule has 0 N–H and O–H groups in total. The van der Waals surface area contributed by atoms with E-state index in [1.807, 2.05) is 13.0 Å². The van der Waals surface area contributed by atoms with E-state index in [0.29, 0.717) is 6.42 Å². The second-order valence-corrected chi connectivity index (χ2v) is 15.8. The molecule has 0 radical (unpaired) electrons. The van der Waals surface area contributed by atoms with Crippen molar-refractivity contribution >= 4 is 23.9 Å². The van der Waals surface area contributed by atoms with E-state index in [4.69, 9.17) is 28.4 Å². The van der Waals surface area contributed by atoms with Crippen LogP contribution >= 0.6 is 0 Å². The Hall–Kier alpha value is -2.46. The third-order valence-electron chi connectivity index (χ3n) is 11.0. The van der Waals surface area contributed by atoms with Gasteiger partial charge in [-0.3, -0.25) is 14.4 Å². The van der Waals surface area contributed by atoms with Crippen molar-refractivity contribution < 1.29 is 47.6 Å². The molecule has 0 aromatic carbocycles. The monoisotopic (exact) mass is 749 g/mol. The SMILES string of the molecule is CCCCCC[C@@H](CCC[C@H](OC(C)=O)[C@H]1CC[C@H]([C@H]2CC[C@H]([C@@H](CCCCCCCCCCCCC3=C[C@H](C)OC3=O)OC(C)=O)O2)O1)OC(C)=O. The predicted octanol–water partition coefficient (Wildman–Crippen LogP) is 9.57. The summed E-state index contributed by atoms with van der Waals surface area (Å²) in [6, 6.07) is 0. The number of carbonyl (C=O) groups is 4. The summed E-state index contributed by atoms with van der Waals surface area (Å²) in [5, 5.41) is 0. The molecule has 304 valence electrons. The van der Waals surface area contributed by atoms with Crippen LogP contribution in [0.15, 0.2) is 11.6 Å². The fraction of sp³-hybridized carbons (Fsp3) is 0.860. The Morgan fingerprint density at radius 3 is 1.57 bits per heavy atom. The molecule has 53 heavy (non-hydrogen) atoms. The van der Waals surface area contributed by atoms with Crippen molar-refractivity contribution in [2.24, 2.45) is 0 Å². The zero-order valence-electron chi connectivity index (χ0n) is 33.7. The lowest BCUT2D eigenvalue weighted by atomic mass is 9.99. The van der Waals surface area contributed by atoms with E-state index in [1.54, 1.807) is 0 Å². The van der Waals surface area contributed by atoms with Gasteiger partial charge in [0.1, 0.15) is 24.4 Å². The van der Waals surface area contributed by atoms with E-state index < -0.39 is 0 Å². The first-order valence-corrected chi connectivity index (χ1v) is 21.3. The first kappa shape index (κ1) is 44.9. The van der Waals surface area contributed by atoms with Crippen LogP contribution in [0, 0.1) is 0 Å². The van der Waals surface area contributed by atoms with Gasteiger partial charge in [-0.15, -0.1) is 0 Å². The van der Waals surface area contributed by atoms with Crippen molar-refractivity contribution in [3.8, 4) is 0 Å². The van der Waals surface area contributed by atoms with Crippen molar-refractivity contribution in [2.75, 3.05) is 0 Å². The molecule has 10 heteroatoms. The van der Waals surface area contributed by atoms with Gasteiger partial charge >= 0.3 is 23.9 Å². The molecule has 3 aliphatic rings. The number of cyclic esters (lactones) is 1. The van der Waals surface area contributed by atoms with Gasteiger partial charge in [0.15, 0.2) is 0 Å². The molecule has 8 atom stereocenters. The van der Waals surface area contributed by atoms with Crippen LogP contribution in [0.25, 0.3) is 0 Å². The smallest absolute Gasteiger partial charge is 0.334 e. The molecule has 10 nitrogen and oxygen atoms in total. The molecule has 2 fully saturated rings. The molecule has 0 aliphatic carbocycles. The highest BCUT2D eigenvalue weighted by molar-refractivity contribution is 5.90. The number of hydrogen-bond donors (Lipinski definition) is 0. The fourth-order valence-electron chi connectivity index (χ4n) is 8.27. The average Bonchev–Trinajstić information content (AvgIpc) is 3.85. The summed E-state index contributed by atoms with van der Waals surface area (Å²) in [6.45, 7) is 8.46. The molecule has 2 saturated heterocycles. The summed E-state index contributed by atoms with van der Waals surface area (Å²) in [5.41, 5.74) is 0.846. The van der Waals surface area contributed by atoms with Gasteiger partial charge in [0.05, 0.1) is 24.4 Å². The minimum Gasteiger partial charge on any atom is -0.463 e. The molecule has 0 saturated carbocycles. The molecule has 3 aliphatic heterocycles. The highest BCUT2D eigenvalue weighted by Gasteiger charge is 2.42. The van der Waals surface area contributed by atoms with Crippen LogP contribution in [-0.2, 0) is 47.6 Å². The largest absolute Gasteiger partial charge is 0.463 e. The summed E-state index contributed by atoms with van der Waals surface area (Å²) < 4.78 is 35.4. The van der Waals surface area contributed by atoms with E-state index >= 15 is 0 Å². The molecule has 0 amide bonds. The summed E-state index contributed by atoms with van der Waals surface area (Å²) in [4.78, 5) is 47.5. The second kappa shape index (κ2) is 25.6. The maximum absolute atomic E-state index is 12.0. The first-order chi connectivity index (χ1) is 25.5. The number of ether oxygens (including phenoxy) is 6. The maximum atomic E-state index is 12.0. The van der Waals surface area contributed by atoms with E-state index in [1.165, 1.54) is 65.7 Å². The van der Waals surface area contributed by atoms with Gasteiger partial charge in [0, 0.05) is 26.3 Å². The summed E-state index contributed by atoms with van der Waals surface area (Å²) in [5.74, 6) is -0.973. The van der Waals surface area contributed by atoms with Crippen LogP contribution < -0.4 is 0 Å². The Kier molecular flexibility index (Phi) is 21.7. The van der Waals surface area contributed by atoms with Crippen molar-refractivity contribution in [3.63, 3.8) is 0 Å². The highest BCUT2D eigenvalue weighted by Crippen LogP contribution is 2.36. The van der Waals surface area contributed by atoms with Gasteiger partial charge < -0.3 is 28.4 Å². The third kappa shape index (κ3) is 18.2. The molecule has 0 bridgehead atoms. The lowest BCUT2D eigenvalue weighted by Gasteiger charge is -2.27. The minimum absolute atomic E-state index is 0.0718. The van der Waals surface area contributed by atoms with Crippen LogP contribution in [0.5, 0.6) is 0 Å². The number of unbranched alkanes of at least 4 members (excludes halogenated alkanes) is 12. The topological polar surface area (TPSA) is 124 Å². The Balaban J connectivity index is 1.32.